The van der Waals surface area contributed by atoms with Crippen LogP contribution in [0.5, 0.6) is 11.5 Å². The Labute approximate surface area is 145 Å². The zero-order chi connectivity index (χ0) is 18.2. The van der Waals surface area contributed by atoms with Crippen LogP contribution in [0.3, 0.4) is 0 Å². The maximum absolute atomic E-state index is 10.5. The number of aliphatic hydroxyl groups is 2. The monoisotopic (exact) mass is 346 g/mol. The highest BCUT2D eigenvalue weighted by Gasteiger charge is 2.13. The minimum Gasteiger partial charge on any atom is -0.506 e. The molecule has 1 amide bonds. The third-order valence-corrected chi connectivity index (χ3v) is 3.75. The van der Waals surface area contributed by atoms with Crippen molar-refractivity contribution < 1.29 is 24.9 Å². The van der Waals surface area contributed by atoms with E-state index in [4.69, 9.17) is 4.74 Å². The third-order valence-electron chi connectivity index (χ3n) is 3.75. The number of aromatic hydroxyl groups is 1. The van der Waals surface area contributed by atoms with Crippen LogP contribution < -0.4 is 15.4 Å². The topological polar surface area (TPSA) is 111 Å². The number of rotatable bonds is 9. The molecule has 2 unspecified atom stereocenters. The van der Waals surface area contributed by atoms with E-state index < -0.39 is 12.3 Å². The van der Waals surface area contributed by atoms with E-state index in [0.717, 1.165) is 11.3 Å². The molecule has 2 aromatic rings. The van der Waals surface area contributed by atoms with Crippen molar-refractivity contribution in [2.75, 3.05) is 19.0 Å². The molecule has 25 heavy (non-hydrogen) atoms. The highest BCUT2D eigenvalue weighted by molar-refractivity contribution is 5.75. The molecular formula is C18H22N2O5. The van der Waals surface area contributed by atoms with Crippen molar-refractivity contribution in [1.29, 1.82) is 0 Å². The Hall–Kier alpha value is -2.61. The minimum absolute atomic E-state index is 0.0875. The molecule has 0 heterocycles. The molecule has 0 radical (unpaired) electrons. The molecule has 0 bridgehead atoms. The van der Waals surface area contributed by atoms with Crippen LogP contribution in [0.4, 0.5) is 5.69 Å². The summed E-state index contributed by atoms with van der Waals surface area (Å²) in [6.07, 6.45) is -0.905. The predicted octanol–water partition coefficient (Wildman–Crippen LogP) is 1.15. The normalized spacial score (nSPS) is 13.1. The summed E-state index contributed by atoms with van der Waals surface area (Å²) in [5, 5.41) is 35.1. The summed E-state index contributed by atoms with van der Waals surface area (Å²) in [5.74, 6) is 0.657. The molecule has 5 N–H and O–H groups in total. The van der Waals surface area contributed by atoms with Gasteiger partial charge in [0.25, 0.3) is 0 Å². The van der Waals surface area contributed by atoms with Gasteiger partial charge in [-0.25, -0.2) is 0 Å². The standard InChI is InChI=1S/C18H22N2O5/c1-25-14-5-2-12(3-6-14)8-18(24)19-10-17(23)13-4-7-16(22)15(9-13)20-11-21/h2-7,9,11,17-19,22-24H,8,10H2,1H3,(H,20,21). The second kappa shape index (κ2) is 9.03. The second-order valence-electron chi connectivity index (χ2n) is 5.53. The van der Waals surface area contributed by atoms with E-state index >= 15 is 0 Å². The van der Waals surface area contributed by atoms with Gasteiger partial charge in [-0.2, -0.15) is 0 Å². The summed E-state index contributed by atoms with van der Waals surface area (Å²) in [7, 11) is 1.59. The molecule has 0 saturated heterocycles. The van der Waals surface area contributed by atoms with Gasteiger partial charge < -0.3 is 25.4 Å². The molecule has 7 nitrogen and oxygen atoms in total. The van der Waals surface area contributed by atoms with Gasteiger partial charge in [-0.15, -0.1) is 0 Å². The third kappa shape index (κ3) is 5.46. The van der Waals surface area contributed by atoms with E-state index in [2.05, 4.69) is 10.6 Å². The average Bonchev–Trinajstić information content (AvgIpc) is 2.62. The number of hydrogen-bond donors (Lipinski definition) is 5. The summed E-state index contributed by atoms with van der Waals surface area (Å²) in [6.45, 7) is 0.114. The fourth-order valence-electron chi connectivity index (χ4n) is 2.36. The van der Waals surface area contributed by atoms with Gasteiger partial charge in [-0.3, -0.25) is 10.1 Å². The highest BCUT2D eigenvalue weighted by Crippen LogP contribution is 2.26. The van der Waals surface area contributed by atoms with Crippen molar-refractivity contribution in [3.63, 3.8) is 0 Å². The van der Waals surface area contributed by atoms with Crippen molar-refractivity contribution in [2.24, 2.45) is 0 Å². The van der Waals surface area contributed by atoms with Gasteiger partial charge >= 0.3 is 0 Å². The van der Waals surface area contributed by atoms with Crippen molar-refractivity contribution in [1.82, 2.24) is 5.32 Å². The first-order valence-corrected chi connectivity index (χ1v) is 7.79. The maximum Gasteiger partial charge on any atom is 0.211 e. The number of methoxy groups -OCH3 is 1. The molecule has 0 aliphatic heterocycles. The van der Waals surface area contributed by atoms with Crippen LogP contribution in [0.15, 0.2) is 42.5 Å². The molecule has 7 heteroatoms. The van der Waals surface area contributed by atoms with E-state index in [9.17, 15) is 20.1 Å². The molecular weight excluding hydrogens is 324 g/mol. The summed E-state index contributed by atoms with van der Waals surface area (Å²) in [4.78, 5) is 10.5. The zero-order valence-corrected chi connectivity index (χ0v) is 13.8. The van der Waals surface area contributed by atoms with Gasteiger partial charge in [0, 0.05) is 13.0 Å². The second-order valence-corrected chi connectivity index (χ2v) is 5.53. The number of aliphatic hydroxyl groups excluding tert-OH is 2. The van der Waals surface area contributed by atoms with E-state index in [0.29, 0.717) is 18.4 Å². The zero-order valence-electron chi connectivity index (χ0n) is 13.8. The molecule has 134 valence electrons. The van der Waals surface area contributed by atoms with Gasteiger partial charge in [0.15, 0.2) is 0 Å². The van der Waals surface area contributed by atoms with Crippen LogP contribution in [0.1, 0.15) is 17.2 Å². The first-order valence-electron chi connectivity index (χ1n) is 7.79. The number of ether oxygens (including phenoxy) is 1. The van der Waals surface area contributed by atoms with E-state index in [1.54, 1.807) is 13.2 Å². The van der Waals surface area contributed by atoms with Crippen molar-refractivity contribution >= 4 is 12.1 Å². The van der Waals surface area contributed by atoms with Gasteiger partial charge in [-0.1, -0.05) is 18.2 Å². The van der Waals surface area contributed by atoms with Gasteiger partial charge in [0.2, 0.25) is 6.41 Å². The van der Waals surface area contributed by atoms with Crippen LogP contribution in [-0.2, 0) is 11.2 Å². The van der Waals surface area contributed by atoms with Gasteiger partial charge in [0.1, 0.15) is 17.7 Å². The van der Waals surface area contributed by atoms with Gasteiger partial charge in [0.05, 0.1) is 18.9 Å². The van der Waals surface area contributed by atoms with Crippen LogP contribution in [-0.4, -0.2) is 41.6 Å². The van der Waals surface area contributed by atoms with Crippen molar-refractivity contribution in [3.8, 4) is 11.5 Å². The molecule has 0 aliphatic rings. The summed E-state index contributed by atoms with van der Waals surface area (Å²) in [5.41, 5.74) is 1.65. The fraction of sp³-hybridized carbons (Fsp3) is 0.278. The summed E-state index contributed by atoms with van der Waals surface area (Å²) >= 11 is 0. The average molecular weight is 346 g/mol. The highest BCUT2D eigenvalue weighted by atomic mass is 16.5. The Morgan fingerprint density at radius 1 is 1.16 bits per heavy atom. The van der Waals surface area contributed by atoms with Crippen molar-refractivity contribution in [2.45, 2.75) is 18.8 Å². The summed E-state index contributed by atoms with van der Waals surface area (Å²) in [6, 6.07) is 11.8. The molecule has 0 aromatic heterocycles. The molecule has 0 saturated carbocycles. The van der Waals surface area contributed by atoms with Gasteiger partial charge in [-0.05, 0) is 35.4 Å². The molecule has 0 spiro atoms. The minimum atomic E-state index is -0.904. The Bertz CT molecular complexity index is 690. The molecule has 2 rings (SSSR count). The Balaban J connectivity index is 1.88. The van der Waals surface area contributed by atoms with E-state index in [1.807, 2.05) is 24.3 Å². The van der Waals surface area contributed by atoms with Crippen LogP contribution >= 0.6 is 0 Å². The SMILES string of the molecule is COc1ccc(CC(O)NCC(O)c2ccc(O)c(NC=O)c2)cc1. The first kappa shape index (κ1) is 18.7. The lowest BCUT2D eigenvalue weighted by atomic mass is 10.1. The largest absolute Gasteiger partial charge is 0.506 e. The lowest BCUT2D eigenvalue weighted by Gasteiger charge is -2.17. The molecule has 2 aromatic carbocycles. The quantitative estimate of drug-likeness (QED) is 0.265. The van der Waals surface area contributed by atoms with Crippen LogP contribution in [0, 0.1) is 0 Å². The molecule has 0 aliphatic carbocycles. The Morgan fingerprint density at radius 3 is 2.52 bits per heavy atom. The number of amides is 1. The lowest BCUT2D eigenvalue weighted by Crippen LogP contribution is -2.34. The fourth-order valence-corrected chi connectivity index (χ4v) is 2.36. The van der Waals surface area contributed by atoms with E-state index in [-0.39, 0.29) is 18.0 Å². The number of phenolic OH excluding ortho intramolecular Hbond substituents is 1. The Kier molecular flexibility index (Phi) is 6.76. The van der Waals surface area contributed by atoms with Crippen LogP contribution in [0.25, 0.3) is 0 Å². The van der Waals surface area contributed by atoms with Crippen LogP contribution in [0.2, 0.25) is 0 Å². The van der Waals surface area contributed by atoms with E-state index in [1.165, 1.54) is 12.1 Å². The number of carbonyl (C=O) groups is 1. The van der Waals surface area contributed by atoms with Crippen molar-refractivity contribution in [3.05, 3.63) is 53.6 Å². The smallest absolute Gasteiger partial charge is 0.211 e. The first-order chi connectivity index (χ1) is 12.0. The maximum atomic E-state index is 10.5. The predicted molar refractivity (Wildman–Crippen MR) is 93.5 cm³/mol. The number of anilines is 1. The molecule has 2 atom stereocenters. The number of phenols is 1. The summed E-state index contributed by atoms with van der Waals surface area (Å²) < 4.78 is 5.08. The Morgan fingerprint density at radius 2 is 1.88 bits per heavy atom. The number of benzene rings is 2. The number of hydrogen-bond acceptors (Lipinski definition) is 6. The molecule has 0 fully saturated rings. The lowest BCUT2D eigenvalue weighted by molar-refractivity contribution is -0.105. The number of nitrogens with one attached hydrogen (secondary N) is 2. The number of carbonyl (C=O) groups excluding carboxylic acids is 1.